The van der Waals surface area contributed by atoms with Crippen molar-refractivity contribution in [2.75, 3.05) is 11.9 Å². The van der Waals surface area contributed by atoms with E-state index >= 15 is 0 Å². The Morgan fingerprint density at radius 3 is 2.06 bits per heavy atom. The molecule has 7 heteroatoms. The molecule has 1 aliphatic carbocycles. The van der Waals surface area contributed by atoms with E-state index in [2.05, 4.69) is 39.6 Å². The number of nitrogens with zero attached hydrogens (tertiary/aromatic N) is 2. The van der Waals surface area contributed by atoms with Crippen LogP contribution < -0.4 is 5.32 Å². The molecule has 2 aromatic carbocycles. The summed E-state index contributed by atoms with van der Waals surface area (Å²) in [5, 5.41) is 11.5. The monoisotopic (exact) mass is 417 g/mol. The van der Waals surface area contributed by atoms with Crippen LogP contribution in [0.25, 0.3) is 11.1 Å². The summed E-state index contributed by atoms with van der Waals surface area (Å²) < 4.78 is 5.52. The summed E-state index contributed by atoms with van der Waals surface area (Å²) in [7, 11) is 0. The molecule has 0 saturated carbocycles. The van der Waals surface area contributed by atoms with Gasteiger partial charge in [-0.15, -0.1) is 0 Å². The van der Waals surface area contributed by atoms with Crippen molar-refractivity contribution in [2.45, 2.75) is 32.6 Å². The number of rotatable bonds is 6. The van der Waals surface area contributed by atoms with Crippen LogP contribution in [0.3, 0.4) is 0 Å². The van der Waals surface area contributed by atoms with Crippen LogP contribution in [0.5, 0.6) is 0 Å². The average Bonchev–Trinajstić information content (AvgIpc) is 3.05. The molecule has 0 atom stereocenters. The molecule has 158 valence electrons. The van der Waals surface area contributed by atoms with Gasteiger partial charge in [-0.05, 0) is 48.1 Å². The lowest BCUT2D eigenvalue weighted by Gasteiger charge is -2.15. The van der Waals surface area contributed by atoms with E-state index in [4.69, 9.17) is 9.84 Å². The minimum atomic E-state index is -0.875. The van der Waals surface area contributed by atoms with Gasteiger partial charge >= 0.3 is 12.1 Å². The maximum Gasteiger partial charge on any atom is 0.414 e. The SMILES string of the molecule is Cc1nc(NC(=O)OCC2c3ccccc3-c3ccccc32)nc(C)c1CCC(=O)O. The molecule has 0 bridgehead atoms. The van der Waals surface area contributed by atoms with Crippen molar-refractivity contribution >= 4 is 18.0 Å². The molecule has 1 aromatic heterocycles. The standard InChI is InChI=1S/C24H23N3O4/c1-14-16(11-12-22(28)29)15(2)26-23(25-14)27-24(30)31-13-21-19-9-5-3-7-17(19)18-8-4-6-10-20(18)21/h3-10,21H,11-13H2,1-2H3,(H,28,29)(H,25,26,27,30). The van der Waals surface area contributed by atoms with Gasteiger partial charge in [0, 0.05) is 23.7 Å². The molecule has 1 heterocycles. The van der Waals surface area contributed by atoms with Crippen molar-refractivity contribution in [1.29, 1.82) is 0 Å². The molecule has 0 saturated heterocycles. The lowest BCUT2D eigenvalue weighted by molar-refractivity contribution is -0.136. The van der Waals surface area contributed by atoms with Gasteiger partial charge in [0.1, 0.15) is 6.61 Å². The van der Waals surface area contributed by atoms with E-state index < -0.39 is 12.1 Å². The number of ether oxygens (including phenoxy) is 1. The Kier molecular flexibility index (Phi) is 5.66. The fourth-order valence-electron chi connectivity index (χ4n) is 4.11. The quantitative estimate of drug-likeness (QED) is 0.614. The summed E-state index contributed by atoms with van der Waals surface area (Å²) in [4.78, 5) is 31.8. The molecule has 31 heavy (non-hydrogen) atoms. The van der Waals surface area contributed by atoms with Crippen molar-refractivity contribution in [2.24, 2.45) is 0 Å². The summed E-state index contributed by atoms with van der Waals surface area (Å²) in [6, 6.07) is 16.3. The van der Waals surface area contributed by atoms with E-state index in [9.17, 15) is 9.59 Å². The summed E-state index contributed by atoms with van der Waals surface area (Å²) in [6.45, 7) is 3.75. The summed E-state index contributed by atoms with van der Waals surface area (Å²) in [5.41, 5.74) is 6.67. The number of anilines is 1. The third-order valence-electron chi connectivity index (χ3n) is 5.57. The third kappa shape index (κ3) is 4.26. The van der Waals surface area contributed by atoms with E-state index in [1.165, 1.54) is 11.1 Å². The predicted molar refractivity (Wildman–Crippen MR) is 116 cm³/mol. The number of carboxylic acid groups (broad SMARTS) is 1. The van der Waals surface area contributed by atoms with E-state index in [0.29, 0.717) is 17.8 Å². The van der Waals surface area contributed by atoms with Crippen molar-refractivity contribution in [1.82, 2.24) is 9.97 Å². The van der Waals surface area contributed by atoms with Crippen LogP contribution >= 0.6 is 0 Å². The number of aromatic nitrogens is 2. The number of aryl methyl sites for hydroxylation is 2. The lowest BCUT2D eigenvalue weighted by Crippen LogP contribution is -2.20. The normalized spacial score (nSPS) is 12.2. The van der Waals surface area contributed by atoms with Crippen LogP contribution in [-0.4, -0.2) is 33.7 Å². The van der Waals surface area contributed by atoms with E-state index in [-0.39, 0.29) is 24.9 Å². The Morgan fingerprint density at radius 1 is 0.968 bits per heavy atom. The number of carbonyl (C=O) groups excluding carboxylic acids is 1. The second-order valence-electron chi connectivity index (χ2n) is 7.54. The van der Waals surface area contributed by atoms with Gasteiger partial charge in [-0.25, -0.2) is 14.8 Å². The molecule has 7 nitrogen and oxygen atoms in total. The van der Waals surface area contributed by atoms with Gasteiger partial charge in [-0.3, -0.25) is 10.1 Å². The number of carbonyl (C=O) groups is 2. The van der Waals surface area contributed by atoms with Crippen LogP contribution in [-0.2, 0) is 16.0 Å². The largest absolute Gasteiger partial charge is 0.481 e. The minimum absolute atomic E-state index is 0.00416. The van der Waals surface area contributed by atoms with E-state index in [1.54, 1.807) is 13.8 Å². The number of aliphatic carboxylic acids is 1. The molecule has 0 radical (unpaired) electrons. The molecule has 1 amide bonds. The highest BCUT2D eigenvalue weighted by atomic mass is 16.5. The van der Waals surface area contributed by atoms with Gasteiger partial charge in [0.15, 0.2) is 0 Å². The number of benzene rings is 2. The zero-order chi connectivity index (χ0) is 22.0. The Bertz CT molecular complexity index is 1090. The summed E-state index contributed by atoms with van der Waals surface area (Å²) in [6.07, 6.45) is -0.276. The molecular formula is C24H23N3O4. The molecule has 0 fully saturated rings. The topological polar surface area (TPSA) is 101 Å². The first-order valence-corrected chi connectivity index (χ1v) is 10.1. The van der Waals surface area contributed by atoms with Gasteiger partial charge in [-0.2, -0.15) is 0 Å². The van der Waals surface area contributed by atoms with Crippen LogP contribution in [0.4, 0.5) is 10.7 Å². The predicted octanol–water partition coefficient (Wildman–Crippen LogP) is 4.47. The molecule has 0 aliphatic heterocycles. The Hall–Kier alpha value is -3.74. The molecule has 4 rings (SSSR count). The third-order valence-corrected chi connectivity index (χ3v) is 5.57. The number of nitrogens with one attached hydrogen (secondary N) is 1. The number of hydrogen-bond acceptors (Lipinski definition) is 5. The molecule has 3 aromatic rings. The second kappa shape index (κ2) is 8.55. The van der Waals surface area contributed by atoms with Crippen LogP contribution in [0.1, 0.15) is 40.4 Å². The molecule has 0 unspecified atom stereocenters. The number of carboxylic acids is 1. The van der Waals surface area contributed by atoms with Gasteiger partial charge < -0.3 is 9.84 Å². The van der Waals surface area contributed by atoms with Gasteiger partial charge in [0.05, 0.1) is 0 Å². The number of fused-ring (bicyclic) bond motifs is 3. The summed E-state index contributed by atoms with van der Waals surface area (Å²) >= 11 is 0. The van der Waals surface area contributed by atoms with Crippen LogP contribution in [0, 0.1) is 13.8 Å². The zero-order valence-electron chi connectivity index (χ0n) is 17.4. The lowest BCUT2D eigenvalue weighted by atomic mass is 9.98. The van der Waals surface area contributed by atoms with Gasteiger partial charge in [-0.1, -0.05) is 48.5 Å². The van der Waals surface area contributed by atoms with Crippen LogP contribution in [0.2, 0.25) is 0 Å². The minimum Gasteiger partial charge on any atom is -0.481 e. The van der Waals surface area contributed by atoms with Crippen molar-refractivity contribution < 1.29 is 19.4 Å². The van der Waals surface area contributed by atoms with Crippen molar-refractivity contribution in [3.05, 3.63) is 76.6 Å². The molecule has 0 spiro atoms. The van der Waals surface area contributed by atoms with Gasteiger partial charge in [0.25, 0.3) is 0 Å². The first-order valence-electron chi connectivity index (χ1n) is 10.1. The number of amides is 1. The number of hydrogen-bond donors (Lipinski definition) is 2. The maximum atomic E-state index is 12.4. The fourth-order valence-corrected chi connectivity index (χ4v) is 4.11. The highest BCUT2D eigenvalue weighted by Crippen LogP contribution is 2.44. The van der Waals surface area contributed by atoms with E-state index in [1.807, 2.05) is 24.3 Å². The smallest absolute Gasteiger partial charge is 0.414 e. The highest BCUT2D eigenvalue weighted by Gasteiger charge is 2.29. The second-order valence-corrected chi connectivity index (χ2v) is 7.54. The Labute approximate surface area is 180 Å². The zero-order valence-corrected chi connectivity index (χ0v) is 17.4. The maximum absolute atomic E-state index is 12.4. The highest BCUT2D eigenvalue weighted by molar-refractivity contribution is 5.83. The summed E-state index contributed by atoms with van der Waals surface area (Å²) in [5.74, 6) is -0.758. The van der Waals surface area contributed by atoms with Crippen molar-refractivity contribution in [3.63, 3.8) is 0 Å². The van der Waals surface area contributed by atoms with Crippen LogP contribution in [0.15, 0.2) is 48.5 Å². The Balaban J connectivity index is 1.44. The van der Waals surface area contributed by atoms with E-state index in [0.717, 1.165) is 16.7 Å². The van der Waals surface area contributed by atoms with Gasteiger partial charge in [0.2, 0.25) is 5.95 Å². The molecular weight excluding hydrogens is 394 g/mol. The fraction of sp³-hybridized carbons (Fsp3) is 0.250. The Morgan fingerprint density at radius 2 is 1.52 bits per heavy atom. The molecule has 2 N–H and O–H groups in total. The average molecular weight is 417 g/mol. The first-order chi connectivity index (χ1) is 14.9. The van der Waals surface area contributed by atoms with Crippen molar-refractivity contribution in [3.8, 4) is 11.1 Å². The first kappa shape index (κ1) is 20.5. The molecule has 1 aliphatic rings.